The number of thiophene rings is 1. The molecule has 0 spiro atoms. The van der Waals surface area contributed by atoms with Crippen molar-refractivity contribution in [3.8, 4) is 0 Å². The zero-order valence-corrected chi connectivity index (χ0v) is 12.2. The largest absolute Gasteiger partial charge is 0.387 e. The Morgan fingerprint density at radius 1 is 1.30 bits per heavy atom. The third kappa shape index (κ3) is 3.42. The monoisotopic (exact) mass is 297 g/mol. The minimum Gasteiger partial charge on any atom is -0.387 e. The van der Waals surface area contributed by atoms with Crippen molar-refractivity contribution in [2.45, 2.75) is 26.0 Å². The molecule has 5 heteroatoms. The number of aliphatic hydroxyl groups is 1. The summed E-state index contributed by atoms with van der Waals surface area (Å²) < 4.78 is 27.3. The van der Waals surface area contributed by atoms with Crippen LogP contribution in [0.3, 0.4) is 0 Å². The summed E-state index contributed by atoms with van der Waals surface area (Å²) in [6.07, 6.45) is -0.651. The first-order valence-corrected chi connectivity index (χ1v) is 7.32. The van der Waals surface area contributed by atoms with Crippen LogP contribution in [0.2, 0.25) is 0 Å². The van der Waals surface area contributed by atoms with Gasteiger partial charge in [-0.15, -0.1) is 0 Å². The van der Waals surface area contributed by atoms with Gasteiger partial charge in [0, 0.05) is 18.2 Å². The topological polar surface area (TPSA) is 32.3 Å². The van der Waals surface area contributed by atoms with E-state index in [1.54, 1.807) is 6.92 Å². The zero-order valence-electron chi connectivity index (χ0n) is 11.4. The van der Waals surface area contributed by atoms with Crippen LogP contribution >= 0.6 is 11.3 Å². The van der Waals surface area contributed by atoms with E-state index in [9.17, 15) is 13.9 Å². The minimum absolute atomic E-state index is 0.269. The molecule has 0 bridgehead atoms. The molecular weight excluding hydrogens is 280 g/mol. The van der Waals surface area contributed by atoms with Crippen LogP contribution in [0.25, 0.3) is 0 Å². The molecule has 2 N–H and O–H groups in total. The molecule has 0 saturated heterocycles. The van der Waals surface area contributed by atoms with Crippen molar-refractivity contribution in [2.24, 2.45) is 0 Å². The summed E-state index contributed by atoms with van der Waals surface area (Å²) >= 11 is 1.51. The number of halogens is 2. The Morgan fingerprint density at radius 3 is 2.70 bits per heavy atom. The summed E-state index contributed by atoms with van der Waals surface area (Å²) in [6.45, 7) is 3.56. The number of hydrogen-bond acceptors (Lipinski definition) is 3. The number of rotatable bonds is 5. The molecular formula is C15H17F2NOS. The van der Waals surface area contributed by atoms with Crippen LogP contribution in [-0.4, -0.2) is 11.7 Å². The van der Waals surface area contributed by atoms with Crippen molar-refractivity contribution >= 4 is 11.3 Å². The molecule has 0 aliphatic rings. The van der Waals surface area contributed by atoms with Crippen molar-refractivity contribution in [3.05, 3.63) is 57.3 Å². The van der Waals surface area contributed by atoms with Crippen LogP contribution < -0.4 is 5.32 Å². The van der Waals surface area contributed by atoms with E-state index in [1.807, 2.05) is 16.8 Å². The van der Waals surface area contributed by atoms with E-state index in [0.29, 0.717) is 0 Å². The van der Waals surface area contributed by atoms with Crippen molar-refractivity contribution < 1.29 is 13.9 Å². The van der Waals surface area contributed by atoms with Gasteiger partial charge >= 0.3 is 0 Å². The highest BCUT2D eigenvalue weighted by molar-refractivity contribution is 7.07. The van der Waals surface area contributed by atoms with Gasteiger partial charge in [0.25, 0.3) is 0 Å². The van der Waals surface area contributed by atoms with Crippen LogP contribution in [0.1, 0.15) is 35.8 Å². The van der Waals surface area contributed by atoms with Gasteiger partial charge in [-0.2, -0.15) is 11.3 Å². The molecule has 0 aliphatic heterocycles. The first-order chi connectivity index (χ1) is 9.49. The molecule has 2 atom stereocenters. The number of aryl methyl sites for hydroxylation is 1. The molecule has 2 unspecified atom stereocenters. The Labute approximate surface area is 121 Å². The highest BCUT2D eigenvalue weighted by atomic mass is 32.1. The average molecular weight is 297 g/mol. The Morgan fingerprint density at radius 2 is 2.05 bits per heavy atom. The van der Waals surface area contributed by atoms with Gasteiger partial charge in [0.15, 0.2) is 0 Å². The Kier molecular flexibility index (Phi) is 4.86. The Bertz CT molecular complexity index is 572. The lowest BCUT2D eigenvalue weighted by Gasteiger charge is -2.18. The van der Waals surface area contributed by atoms with Crippen molar-refractivity contribution in [1.29, 1.82) is 0 Å². The van der Waals surface area contributed by atoms with E-state index in [-0.39, 0.29) is 23.7 Å². The lowest BCUT2D eigenvalue weighted by atomic mass is 10.0. The summed E-state index contributed by atoms with van der Waals surface area (Å²) in [7, 11) is 0. The first kappa shape index (κ1) is 15.1. The zero-order chi connectivity index (χ0) is 14.7. The molecule has 1 aromatic carbocycles. The minimum atomic E-state index is -0.651. The molecule has 2 nitrogen and oxygen atoms in total. The van der Waals surface area contributed by atoms with Gasteiger partial charge in [-0.05, 0) is 53.9 Å². The molecule has 0 amide bonds. The standard InChI is InChI=1S/C15H17F2NOS/c1-9-5-14(17)12(6-13(9)16)10(2)18-7-15(19)11-3-4-20-8-11/h3-6,8,10,15,18-19H,7H2,1-2H3. The average Bonchev–Trinajstić information content (AvgIpc) is 2.94. The van der Waals surface area contributed by atoms with Gasteiger partial charge in [0.1, 0.15) is 11.6 Å². The van der Waals surface area contributed by atoms with E-state index in [1.165, 1.54) is 30.4 Å². The fraction of sp³-hybridized carbons (Fsp3) is 0.333. The second kappa shape index (κ2) is 6.43. The lowest BCUT2D eigenvalue weighted by molar-refractivity contribution is 0.171. The predicted octanol–water partition coefficient (Wildman–Crippen LogP) is 3.72. The molecule has 108 valence electrons. The van der Waals surface area contributed by atoms with Crippen molar-refractivity contribution in [1.82, 2.24) is 5.32 Å². The first-order valence-electron chi connectivity index (χ1n) is 6.38. The summed E-state index contributed by atoms with van der Waals surface area (Å²) in [4.78, 5) is 0. The third-order valence-corrected chi connectivity index (χ3v) is 3.99. The van der Waals surface area contributed by atoms with E-state index in [2.05, 4.69) is 5.32 Å². The lowest BCUT2D eigenvalue weighted by Crippen LogP contribution is -2.25. The van der Waals surface area contributed by atoms with Gasteiger partial charge < -0.3 is 10.4 Å². The fourth-order valence-electron chi connectivity index (χ4n) is 1.97. The van der Waals surface area contributed by atoms with Gasteiger partial charge in [-0.1, -0.05) is 0 Å². The van der Waals surface area contributed by atoms with E-state index in [4.69, 9.17) is 0 Å². The quantitative estimate of drug-likeness (QED) is 0.881. The summed E-state index contributed by atoms with van der Waals surface area (Å²) in [5.74, 6) is -0.859. The highest BCUT2D eigenvalue weighted by Crippen LogP contribution is 2.22. The van der Waals surface area contributed by atoms with Crippen LogP contribution in [0.5, 0.6) is 0 Å². The molecule has 2 aromatic rings. The van der Waals surface area contributed by atoms with E-state index >= 15 is 0 Å². The van der Waals surface area contributed by atoms with Crippen LogP contribution in [0, 0.1) is 18.6 Å². The van der Waals surface area contributed by atoms with Gasteiger partial charge in [0.2, 0.25) is 0 Å². The van der Waals surface area contributed by atoms with E-state index in [0.717, 1.165) is 5.56 Å². The molecule has 0 fully saturated rings. The summed E-state index contributed by atoms with van der Waals surface area (Å²) in [5.41, 5.74) is 1.38. The second-order valence-corrected chi connectivity index (χ2v) is 5.61. The third-order valence-electron chi connectivity index (χ3n) is 3.29. The number of hydrogen-bond donors (Lipinski definition) is 2. The van der Waals surface area contributed by atoms with Crippen LogP contribution in [0.4, 0.5) is 8.78 Å². The molecule has 1 aromatic heterocycles. The SMILES string of the molecule is Cc1cc(F)c(C(C)NCC(O)c2ccsc2)cc1F. The summed E-state index contributed by atoms with van der Waals surface area (Å²) in [6, 6.07) is 3.86. The smallest absolute Gasteiger partial charge is 0.128 e. The molecule has 0 radical (unpaired) electrons. The maximum atomic E-state index is 13.8. The highest BCUT2D eigenvalue weighted by Gasteiger charge is 2.15. The van der Waals surface area contributed by atoms with Crippen molar-refractivity contribution in [3.63, 3.8) is 0 Å². The maximum absolute atomic E-state index is 13.8. The molecule has 20 heavy (non-hydrogen) atoms. The predicted molar refractivity (Wildman–Crippen MR) is 76.8 cm³/mol. The maximum Gasteiger partial charge on any atom is 0.128 e. The fourth-order valence-corrected chi connectivity index (χ4v) is 2.68. The van der Waals surface area contributed by atoms with Gasteiger partial charge in [-0.25, -0.2) is 8.78 Å². The van der Waals surface area contributed by atoms with E-state index < -0.39 is 17.7 Å². The number of nitrogens with one attached hydrogen (secondary N) is 1. The van der Waals surface area contributed by atoms with Crippen LogP contribution in [-0.2, 0) is 0 Å². The van der Waals surface area contributed by atoms with Crippen molar-refractivity contribution in [2.75, 3.05) is 6.54 Å². The normalized spacial score (nSPS) is 14.2. The molecule has 2 rings (SSSR count). The Balaban J connectivity index is 2.02. The Hall–Kier alpha value is -1.30. The van der Waals surface area contributed by atoms with Crippen LogP contribution in [0.15, 0.2) is 29.0 Å². The van der Waals surface area contributed by atoms with Gasteiger partial charge in [0.05, 0.1) is 6.10 Å². The molecule has 0 aliphatic carbocycles. The molecule has 0 saturated carbocycles. The number of aliphatic hydroxyl groups excluding tert-OH is 1. The second-order valence-electron chi connectivity index (χ2n) is 4.83. The van der Waals surface area contributed by atoms with Gasteiger partial charge in [-0.3, -0.25) is 0 Å². The molecule has 1 heterocycles. The summed E-state index contributed by atoms with van der Waals surface area (Å²) in [5, 5.41) is 16.7. The number of benzene rings is 1.